The summed E-state index contributed by atoms with van der Waals surface area (Å²) in [6.45, 7) is 4.86. The van der Waals surface area contributed by atoms with E-state index in [1.165, 1.54) is 5.56 Å². The molecule has 1 aliphatic rings. The highest BCUT2D eigenvalue weighted by Crippen LogP contribution is 2.41. The third-order valence-corrected chi connectivity index (χ3v) is 3.97. The van der Waals surface area contributed by atoms with Gasteiger partial charge in [0.2, 0.25) is 0 Å². The van der Waals surface area contributed by atoms with Crippen LogP contribution in [0, 0.1) is 5.41 Å². The van der Waals surface area contributed by atoms with Crippen LogP contribution in [0.5, 0.6) is 0 Å². The molecule has 0 unspecified atom stereocenters. The van der Waals surface area contributed by atoms with Gasteiger partial charge >= 0.3 is 5.97 Å². The molecule has 98 valence electrons. The van der Waals surface area contributed by atoms with Gasteiger partial charge in [-0.25, -0.2) is 0 Å². The maximum atomic E-state index is 11.2. The predicted octanol–water partition coefficient (Wildman–Crippen LogP) is 3.48. The van der Waals surface area contributed by atoms with E-state index in [-0.39, 0.29) is 0 Å². The summed E-state index contributed by atoms with van der Waals surface area (Å²) in [6.07, 6.45) is 2.61. The van der Waals surface area contributed by atoms with Crippen molar-refractivity contribution in [2.45, 2.75) is 39.0 Å². The van der Waals surface area contributed by atoms with Crippen molar-refractivity contribution >= 4 is 11.7 Å². The summed E-state index contributed by atoms with van der Waals surface area (Å²) in [7, 11) is 0. The number of anilines is 1. The zero-order valence-electron chi connectivity index (χ0n) is 11.1. The average Bonchev–Trinajstić information content (AvgIpc) is 2.27. The van der Waals surface area contributed by atoms with Gasteiger partial charge in [0, 0.05) is 12.2 Å². The molecule has 0 aromatic heterocycles. The fraction of sp³-hybridized carbons (Fsp3) is 0.533. The molecule has 0 aliphatic heterocycles. The topological polar surface area (TPSA) is 49.3 Å². The van der Waals surface area contributed by atoms with E-state index in [0.29, 0.717) is 12.5 Å². The number of carboxylic acids is 1. The molecule has 18 heavy (non-hydrogen) atoms. The second kappa shape index (κ2) is 5.01. The van der Waals surface area contributed by atoms with Crippen LogP contribution in [0.4, 0.5) is 5.69 Å². The smallest absolute Gasteiger partial charge is 0.311 e. The summed E-state index contributed by atoms with van der Waals surface area (Å²) in [5, 5.41) is 12.5. The van der Waals surface area contributed by atoms with Gasteiger partial charge in [0.25, 0.3) is 0 Å². The number of hydrogen-bond acceptors (Lipinski definition) is 2. The lowest BCUT2D eigenvalue weighted by Crippen LogP contribution is -2.43. The Hall–Kier alpha value is -1.51. The lowest BCUT2D eigenvalue weighted by atomic mass is 9.69. The van der Waals surface area contributed by atoms with Gasteiger partial charge in [-0.2, -0.15) is 0 Å². The number of rotatable bonds is 5. The third kappa shape index (κ3) is 2.50. The van der Waals surface area contributed by atoms with Gasteiger partial charge in [0.05, 0.1) is 5.41 Å². The highest BCUT2D eigenvalue weighted by Gasteiger charge is 2.44. The summed E-state index contributed by atoms with van der Waals surface area (Å²) in [6, 6.07) is 8.26. The zero-order valence-corrected chi connectivity index (χ0v) is 11.1. The lowest BCUT2D eigenvalue weighted by Gasteiger charge is -2.37. The van der Waals surface area contributed by atoms with Gasteiger partial charge < -0.3 is 10.4 Å². The first-order valence-corrected chi connectivity index (χ1v) is 6.61. The van der Waals surface area contributed by atoms with Crippen molar-refractivity contribution in [2.24, 2.45) is 5.41 Å². The van der Waals surface area contributed by atoms with Crippen molar-refractivity contribution in [3.05, 3.63) is 29.8 Å². The monoisotopic (exact) mass is 247 g/mol. The Morgan fingerprint density at radius 3 is 2.33 bits per heavy atom. The SMILES string of the molecule is CC(C)c1ccc(NCC2(C(=O)O)CCC2)cc1. The van der Waals surface area contributed by atoms with Crippen LogP contribution >= 0.6 is 0 Å². The molecular weight excluding hydrogens is 226 g/mol. The lowest BCUT2D eigenvalue weighted by molar-refractivity contribution is -0.153. The minimum atomic E-state index is -0.667. The summed E-state index contributed by atoms with van der Waals surface area (Å²) < 4.78 is 0. The number of hydrogen-bond donors (Lipinski definition) is 2. The largest absolute Gasteiger partial charge is 0.481 e. The van der Waals surface area contributed by atoms with Gasteiger partial charge in [-0.15, -0.1) is 0 Å². The van der Waals surface area contributed by atoms with E-state index in [2.05, 4.69) is 31.3 Å². The zero-order chi connectivity index (χ0) is 13.2. The highest BCUT2D eigenvalue weighted by molar-refractivity contribution is 5.76. The van der Waals surface area contributed by atoms with Crippen LogP contribution in [0.25, 0.3) is 0 Å². The van der Waals surface area contributed by atoms with Crippen molar-refractivity contribution in [1.29, 1.82) is 0 Å². The average molecular weight is 247 g/mol. The second-order valence-corrected chi connectivity index (χ2v) is 5.57. The standard InChI is InChI=1S/C15H21NO2/c1-11(2)12-4-6-13(7-5-12)16-10-15(14(17)18)8-3-9-15/h4-7,11,16H,3,8-10H2,1-2H3,(H,17,18). The first-order valence-electron chi connectivity index (χ1n) is 6.61. The van der Waals surface area contributed by atoms with Crippen molar-refractivity contribution in [2.75, 3.05) is 11.9 Å². The van der Waals surface area contributed by atoms with Gasteiger partial charge in [-0.1, -0.05) is 32.4 Å². The molecular formula is C15H21NO2. The maximum Gasteiger partial charge on any atom is 0.311 e. The van der Waals surface area contributed by atoms with E-state index in [1.54, 1.807) is 0 Å². The van der Waals surface area contributed by atoms with Gasteiger partial charge in [-0.3, -0.25) is 4.79 Å². The molecule has 3 heteroatoms. The molecule has 3 nitrogen and oxygen atoms in total. The minimum Gasteiger partial charge on any atom is -0.481 e. The summed E-state index contributed by atoms with van der Waals surface area (Å²) in [5.74, 6) is -0.143. The maximum absolute atomic E-state index is 11.2. The molecule has 1 saturated carbocycles. The number of benzene rings is 1. The molecule has 1 aromatic carbocycles. The normalized spacial score (nSPS) is 17.3. The highest BCUT2D eigenvalue weighted by atomic mass is 16.4. The van der Waals surface area contributed by atoms with E-state index in [1.807, 2.05) is 12.1 Å². The molecule has 0 bridgehead atoms. The Balaban J connectivity index is 1.96. The quantitative estimate of drug-likeness (QED) is 0.837. The van der Waals surface area contributed by atoms with E-state index < -0.39 is 11.4 Å². The first-order chi connectivity index (χ1) is 8.53. The number of carboxylic acid groups (broad SMARTS) is 1. The molecule has 0 atom stereocenters. The van der Waals surface area contributed by atoms with Crippen molar-refractivity contribution in [3.8, 4) is 0 Å². The summed E-state index contributed by atoms with van der Waals surface area (Å²) >= 11 is 0. The van der Waals surface area contributed by atoms with Gasteiger partial charge in [0.1, 0.15) is 0 Å². The predicted molar refractivity (Wildman–Crippen MR) is 72.9 cm³/mol. The molecule has 2 rings (SSSR count). The van der Waals surface area contributed by atoms with Gasteiger partial charge in [-0.05, 0) is 36.5 Å². The van der Waals surface area contributed by atoms with Crippen molar-refractivity contribution < 1.29 is 9.90 Å². The van der Waals surface area contributed by atoms with Crippen LogP contribution in [0.15, 0.2) is 24.3 Å². The molecule has 1 aliphatic carbocycles. The van der Waals surface area contributed by atoms with Crippen molar-refractivity contribution in [3.63, 3.8) is 0 Å². The Bertz CT molecular complexity index is 419. The number of nitrogens with one attached hydrogen (secondary N) is 1. The Labute approximate surface area is 108 Å². The van der Waals surface area contributed by atoms with Crippen LogP contribution in [0.1, 0.15) is 44.6 Å². The van der Waals surface area contributed by atoms with Gasteiger partial charge in [0.15, 0.2) is 0 Å². The number of carbonyl (C=O) groups is 1. The molecule has 0 spiro atoms. The van der Waals surface area contributed by atoms with Crippen LogP contribution < -0.4 is 5.32 Å². The first kappa shape index (κ1) is 12.9. The van der Waals surface area contributed by atoms with E-state index in [4.69, 9.17) is 0 Å². The van der Waals surface area contributed by atoms with E-state index >= 15 is 0 Å². The van der Waals surface area contributed by atoms with E-state index in [9.17, 15) is 9.90 Å². The second-order valence-electron chi connectivity index (χ2n) is 5.57. The molecule has 0 heterocycles. The summed E-state index contributed by atoms with van der Waals surface area (Å²) in [5.41, 5.74) is 1.78. The fourth-order valence-electron chi connectivity index (χ4n) is 2.33. The molecule has 1 fully saturated rings. The third-order valence-electron chi connectivity index (χ3n) is 3.97. The van der Waals surface area contributed by atoms with Crippen LogP contribution in [0.2, 0.25) is 0 Å². The van der Waals surface area contributed by atoms with Crippen LogP contribution in [-0.4, -0.2) is 17.6 Å². The van der Waals surface area contributed by atoms with Crippen LogP contribution in [-0.2, 0) is 4.79 Å². The van der Waals surface area contributed by atoms with Crippen molar-refractivity contribution in [1.82, 2.24) is 0 Å². The fourth-order valence-corrected chi connectivity index (χ4v) is 2.33. The molecule has 1 aromatic rings. The molecule has 0 saturated heterocycles. The van der Waals surface area contributed by atoms with E-state index in [0.717, 1.165) is 24.9 Å². The molecule has 0 radical (unpaired) electrons. The van der Waals surface area contributed by atoms with Crippen LogP contribution in [0.3, 0.4) is 0 Å². The molecule has 2 N–H and O–H groups in total. The minimum absolute atomic E-state index is 0.524. The Morgan fingerprint density at radius 1 is 1.33 bits per heavy atom. The Morgan fingerprint density at radius 2 is 1.94 bits per heavy atom. The molecule has 0 amide bonds. The summed E-state index contributed by atoms with van der Waals surface area (Å²) in [4.78, 5) is 11.2. The Kier molecular flexibility index (Phi) is 3.60. The number of aliphatic carboxylic acids is 1.